The molecule has 0 bridgehead atoms. The summed E-state index contributed by atoms with van der Waals surface area (Å²) in [4.78, 5) is 25.0. The van der Waals surface area contributed by atoms with Gasteiger partial charge < -0.3 is 10.2 Å². The fraction of sp³-hybridized carbons (Fsp3) is 0.800. The summed E-state index contributed by atoms with van der Waals surface area (Å²) in [5.41, 5.74) is -0.734. The highest BCUT2D eigenvalue weighted by atomic mass is 35.5. The first-order valence-electron chi connectivity index (χ1n) is 5.15. The number of piperazine rings is 1. The van der Waals surface area contributed by atoms with E-state index in [4.69, 9.17) is 11.6 Å². The Bertz CT molecular complexity index is 266. The van der Waals surface area contributed by atoms with E-state index in [-0.39, 0.29) is 11.8 Å². The van der Waals surface area contributed by atoms with E-state index in [0.29, 0.717) is 31.8 Å². The average Bonchev–Trinajstić information content (AvgIpc) is 2.18. The molecule has 0 radical (unpaired) electrons. The van der Waals surface area contributed by atoms with Gasteiger partial charge in [0.2, 0.25) is 11.8 Å². The van der Waals surface area contributed by atoms with Crippen LogP contribution < -0.4 is 5.32 Å². The lowest BCUT2D eigenvalue weighted by molar-refractivity contribution is -0.149. The predicted molar refractivity (Wildman–Crippen MR) is 58.8 cm³/mol. The maximum Gasteiger partial charge on any atom is 0.245 e. The molecule has 1 fully saturated rings. The molecule has 1 N–H and O–H groups in total. The summed E-state index contributed by atoms with van der Waals surface area (Å²) >= 11 is 5.53. The molecular formula is C10H17ClN2O2. The quantitative estimate of drug-likeness (QED) is 0.730. The minimum atomic E-state index is -0.734. The fourth-order valence-corrected chi connectivity index (χ4v) is 1.82. The van der Waals surface area contributed by atoms with Gasteiger partial charge in [0.25, 0.3) is 0 Å². The number of hydrogen-bond donors (Lipinski definition) is 1. The van der Waals surface area contributed by atoms with Crippen LogP contribution in [-0.2, 0) is 9.59 Å². The highest BCUT2D eigenvalue weighted by molar-refractivity contribution is 6.17. The molecule has 0 aromatic rings. The van der Waals surface area contributed by atoms with Crippen LogP contribution >= 0.6 is 11.6 Å². The minimum absolute atomic E-state index is 0.00972. The van der Waals surface area contributed by atoms with Gasteiger partial charge in [-0.3, -0.25) is 9.59 Å². The topological polar surface area (TPSA) is 49.4 Å². The number of nitrogens with one attached hydrogen (secondary N) is 1. The summed E-state index contributed by atoms with van der Waals surface area (Å²) in [6, 6.07) is 0. The molecule has 0 atom stereocenters. The van der Waals surface area contributed by atoms with Gasteiger partial charge in [-0.1, -0.05) is 0 Å². The Morgan fingerprint density at radius 1 is 1.60 bits per heavy atom. The van der Waals surface area contributed by atoms with E-state index in [1.807, 2.05) is 0 Å². The average molecular weight is 233 g/mol. The molecule has 4 nitrogen and oxygen atoms in total. The molecule has 0 aromatic heterocycles. The van der Waals surface area contributed by atoms with Crippen molar-refractivity contribution in [3.05, 3.63) is 0 Å². The van der Waals surface area contributed by atoms with Crippen LogP contribution in [0.25, 0.3) is 0 Å². The third-order valence-electron chi connectivity index (χ3n) is 2.68. The molecule has 86 valence electrons. The number of carbonyl (C=O) groups is 2. The third-order valence-corrected chi connectivity index (χ3v) is 2.94. The SMILES string of the molecule is CC1(C)C(=O)NCCN1C(=O)CCCCl. The van der Waals surface area contributed by atoms with E-state index < -0.39 is 5.54 Å². The van der Waals surface area contributed by atoms with E-state index in [1.54, 1.807) is 18.7 Å². The largest absolute Gasteiger partial charge is 0.352 e. The molecule has 0 unspecified atom stereocenters. The zero-order chi connectivity index (χ0) is 11.5. The van der Waals surface area contributed by atoms with E-state index in [9.17, 15) is 9.59 Å². The van der Waals surface area contributed by atoms with Crippen molar-refractivity contribution in [2.75, 3.05) is 19.0 Å². The number of halogens is 1. The summed E-state index contributed by atoms with van der Waals surface area (Å²) in [6.07, 6.45) is 1.08. The van der Waals surface area contributed by atoms with E-state index in [1.165, 1.54) is 0 Å². The standard InChI is InChI=1S/C10H17ClN2O2/c1-10(2)9(15)12-6-7-13(10)8(14)4-3-5-11/h3-7H2,1-2H3,(H,12,15). The van der Waals surface area contributed by atoms with Crippen molar-refractivity contribution >= 4 is 23.4 Å². The first-order chi connectivity index (χ1) is 7.00. The van der Waals surface area contributed by atoms with Gasteiger partial charge in [0.05, 0.1) is 0 Å². The molecule has 1 heterocycles. The Morgan fingerprint density at radius 3 is 2.87 bits per heavy atom. The van der Waals surface area contributed by atoms with Gasteiger partial charge in [0, 0.05) is 25.4 Å². The van der Waals surface area contributed by atoms with Crippen LogP contribution in [0.3, 0.4) is 0 Å². The Morgan fingerprint density at radius 2 is 2.27 bits per heavy atom. The second-order valence-corrected chi connectivity index (χ2v) is 4.53. The Kier molecular flexibility index (Phi) is 3.97. The van der Waals surface area contributed by atoms with Gasteiger partial charge in [0.1, 0.15) is 5.54 Å². The molecule has 0 saturated carbocycles. The Hall–Kier alpha value is -0.770. The summed E-state index contributed by atoms with van der Waals surface area (Å²) in [5, 5.41) is 2.75. The maximum atomic E-state index is 11.8. The number of alkyl halides is 1. The highest BCUT2D eigenvalue weighted by Crippen LogP contribution is 2.19. The van der Waals surface area contributed by atoms with E-state index in [0.717, 1.165) is 0 Å². The van der Waals surface area contributed by atoms with Crippen LogP contribution in [0.15, 0.2) is 0 Å². The smallest absolute Gasteiger partial charge is 0.245 e. The van der Waals surface area contributed by atoms with E-state index >= 15 is 0 Å². The van der Waals surface area contributed by atoms with Crippen molar-refractivity contribution in [2.24, 2.45) is 0 Å². The monoisotopic (exact) mass is 232 g/mol. The molecule has 1 rings (SSSR count). The molecule has 5 heteroatoms. The van der Waals surface area contributed by atoms with Crippen LogP contribution in [0.2, 0.25) is 0 Å². The molecule has 0 spiro atoms. The van der Waals surface area contributed by atoms with Crippen LogP contribution in [0.4, 0.5) is 0 Å². The van der Waals surface area contributed by atoms with Crippen LogP contribution in [0.1, 0.15) is 26.7 Å². The molecule has 0 aromatic carbocycles. The molecule has 2 amide bonds. The van der Waals surface area contributed by atoms with E-state index in [2.05, 4.69) is 5.32 Å². The molecule has 1 aliphatic heterocycles. The number of amides is 2. The fourth-order valence-electron chi connectivity index (χ4n) is 1.69. The molecular weight excluding hydrogens is 216 g/mol. The first kappa shape index (κ1) is 12.3. The van der Waals surface area contributed by atoms with Crippen molar-refractivity contribution in [1.82, 2.24) is 10.2 Å². The lowest BCUT2D eigenvalue weighted by Gasteiger charge is -2.41. The van der Waals surface area contributed by atoms with Crippen LogP contribution in [-0.4, -0.2) is 41.2 Å². The molecule has 15 heavy (non-hydrogen) atoms. The molecule has 0 aliphatic carbocycles. The van der Waals surface area contributed by atoms with Gasteiger partial charge in [-0.15, -0.1) is 11.6 Å². The summed E-state index contributed by atoms with van der Waals surface area (Å²) in [7, 11) is 0. The van der Waals surface area contributed by atoms with Crippen molar-refractivity contribution in [1.29, 1.82) is 0 Å². The summed E-state index contributed by atoms with van der Waals surface area (Å²) in [6.45, 7) is 4.65. The maximum absolute atomic E-state index is 11.8. The van der Waals surface area contributed by atoms with Crippen LogP contribution in [0.5, 0.6) is 0 Å². The Balaban J connectivity index is 2.66. The second kappa shape index (κ2) is 4.84. The van der Waals surface area contributed by atoms with Crippen molar-refractivity contribution in [3.63, 3.8) is 0 Å². The lowest BCUT2D eigenvalue weighted by Crippen LogP contribution is -2.63. The van der Waals surface area contributed by atoms with Crippen molar-refractivity contribution in [3.8, 4) is 0 Å². The van der Waals surface area contributed by atoms with Gasteiger partial charge >= 0.3 is 0 Å². The van der Waals surface area contributed by atoms with Gasteiger partial charge in [0.15, 0.2) is 0 Å². The minimum Gasteiger partial charge on any atom is -0.352 e. The van der Waals surface area contributed by atoms with Crippen LogP contribution in [0, 0.1) is 0 Å². The number of carbonyl (C=O) groups excluding carboxylic acids is 2. The number of rotatable bonds is 3. The van der Waals surface area contributed by atoms with Crippen molar-refractivity contribution < 1.29 is 9.59 Å². The van der Waals surface area contributed by atoms with Gasteiger partial charge in [-0.2, -0.15) is 0 Å². The lowest BCUT2D eigenvalue weighted by atomic mass is 9.98. The number of nitrogens with zero attached hydrogens (tertiary/aromatic N) is 1. The number of hydrogen-bond acceptors (Lipinski definition) is 2. The summed E-state index contributed by atoms with van der Waals surface area (Å²) in [5.74, 6) is 0.398. The third kappa shape index (κ3) is 2.62. The zero-order valence-corrected chi connectivity index (χ0v) is 9.93. The molecule has 1 saturated heterocycles. The molecule has 1 aliphatic rings. The highest BCUT2D eigenvalue weighted by Gasteiger charge is 2.39. The summed E-state index contributed by atoms with van der Waals surface area (Å²) < 4.78 is 0. The van der Waals surface area contributed by atoms with Crippen molar-refractivity contribution in [2.45, 2.75) is 32.2 Å². The zero-order valence-electron chi connectivity index (χ0n) is 9.18. The predicted octanol–water partition coefficient (Wildman–Crippen LogP) is 0.742. The first-order valence-corrected chi connectivity index (χ1v) is 5.68. The van der Waals surface area contributed by atoms with Gasteiger partial charge in [-0.25, -0.2) is 0 Å². The normalized spacial score (nSPS) is 19.9. The Labute approximate surface area is 95.0 Å². The second-order valence-electron chi connectivity index (χ2n) is 4.15. The van der Waals surface area contributed by atoms with Gasteiger partial charge in [-0.05, 0) is 20.3 Å².